The Balaban J connectivity index is 2.07. The molecule has 1 aliphatic heterocycles. The van der Waals surface area contributed by atoms with E-state index in [1.54, 1.807) is 0 Å². The number of nitrogens with zero attached hydrogens (tertiary/aromatic N) is 2. The molecule has 0 bridgehead atoms. The van der Waals surface area contributed by atoms with Gasteiger partial charge in [0.15, 0.2) is 0 Å². The van der Waals surface area contributed by atoms with Gasteiger partial charge in [-0.3, -0.25) is 4.90 Å². The molecule has 1 heterocycles. The first-order valence-electron chi connectivity index (χ1n) is 7.91. The van der Waals surface area contributed by atoms with E-state index in [4.69, 9.17) is 5.73 Å². The van der Waals surface area contributed by atoms with Gasteiger partial charge in [-0.25, -0.2) is 0 Å². The predicted octanol–water partition coefficient (Wildman–Crippen LogP) is 2.80. The third-order valence-electron chi connectivity index (χ3n) is 4.49. The van der Waals surface area contributed by atoms with Crippen molar-refractivity contribution in [3.63, 3.8) is 0 Å². The van der Waals surface area contributed by atoms with Gasteiger partial charge in [-0.1, -0.05) is 31.9 Å². The van der Waals surface area contributed by atoms with Gasteiger partial charge in [0.2, 0.25) is 0 Å². The number of nitrogens with two attached hydrogens (primary N) is 1. The fourth-order valence-corrected chi connectivity index (χ4v) is 3.13. The van der Waals surface area contributed by atoms with Crippen molar-refractivity contribution < 1.29 is 0 Å². The molecule has 2 N–H and O–H groups in total. The van der Waals surface area contributed by atoms with Gasteiger partial charge in [0.1, 0.15) is 0 Å². The van der Waals surface area contributed by atoms with Gasteiger partial charge in [0.05, 0.1) is 0 Å². The minimum atomic E-state index is 0.350. The molecular formula is C17H29N3. The van der Waals surface area contributed by atoms with Crippen LogP contribution in [0.15, 0.2) is 18.2 Å². The van der Waals surface area contributed by atoms with Gasteiger partial charge >= 0.3 is 0 Å². The summed E-state index contributed by atoms with van der Waals surface area (Å²) in [6.07, 6.45) is 5.00. The zero-order valence-electron chi connectivity index (χ0n) is 13.2. The number of rotatable bonds is 7. The highest BCUT2D eigenvalue weighted by atomic mass is 15.1. The molecule has 1 unspecified atom stereocenters. The summed E-state index contributed by atoms with van der Waals surface area (Å²) in [4.78, 5) is 4.75. The second-order valence-corrected chi connectivity index (χ2v) is 6.00. The highest BCUT2D eigenvalue weighted by Gasteiger charge is 2.20. The van der Waals surface area contributed by atoms with Crippen LogP contribution >= 0.6 is 0 Å². The smallest absolute Gasteiger partial charge is 0.0467 e. The molecule has 0 saturated carbocycles. The van der Waals surface area contributed by atoms with Crippen molar-refractivity contribution in [1.82, 2.24) is 4.90 Å². The van der Waals surface area contributed by atoms with Crippen LogP contribution in [-0.2, 0) is 6.42 Å². The lowest BCUT2D eigenvalue weighted by atomic mass is 10.0. The van der Waals surface area contributed by atoms with E-state index in [0.29, 0.717) is 12.6 Å². The van der Waals surface area contributed by atoms with Crippen molar-refractivity contribution in [2.45, 2.75) is 38.6 Å². The quantitative estimate of drug-likeness (QED) is 0.777. The molecule has 1 aliphatic rings. The maximum atomic E-state index is 6.03. The largest absolute Gasteiger partial charge is 0.374 e. The topological polar surface area (TPSA) is 32.5 Å². The van der Waals surface area contributed by atoms with Gasteiger partial charge in [0.25, 0.3) is 0 Å². The van der Waals surface area contributed by atoms with Gasteiger partial charge in [-0.2, -0.15) is 0 Å². The number of anilines is 1. The normalized spacial score (nSPS) is 15.8. The van der Waals surface area contributed by atoms with Crippen LogP contribution in [0.1, 0.15) is 43.4 Å². The Bertz CT molecular complexity index is 430. The minimum Gasteiger partial charge on any atom is -0.374 e. The van der Waals surface area contributed by atoms with E-state index in [1.165, 1.54) is 36.1 Å². The highest BCUT2D eigenvalue weighted by Crippen LogP contribution is 2.30. The van der Waals surface area contributed by atoms with Crippen LogP contribution in [0.3, 0.4) is 0 Å². The molecule has 3 heteroatoms. The van der Waals surface area contributed by atoms with Crippen molar-refractivity contribution in [3.8, 4) is 0 Å². The Hall–Kier alpha value is -1.06. The molecule has 0 radical (unpaired) electrons. The number of hydrogen-bond acceptors (Lipinski definition) is 3. The first-order valence-corrected chi connectivity index (χ1v) is 7.91. The van der Waals surface area contributed by atoms with E-state index in [0.717, 1.165) is 19.5 Å². The van der Waals surface area contributed by atoms with E-state index in [2.05, 4.69) is 49.0 Å². The monoisotopic (exact) mass is 275 g/mol. The van der Waals surface area contributed by atoms with E-state index in [1.807, 2.05) is 0 Å². The lowest BCUT2D eigenvalue weighted by molar-refractivity contribution is 0.245. The molecule has 0 amide bonds. The maximum absolute atomic E-state index is 6.03. The van der Waals surface area contributed by atoms with E-state index in [-0.39, 0.29) is 0 Å². The van der Waals surface area contributed by atoms with Crippen LogP contribution < -0.4 is 10.6 Å². The lowest BCUT2D eigenvalue weighted by Gasteiger charge is -2.28. The van der Waals surface area contributed by atoms with Crippen LogP contribution in [0.5, 0.6) is 0 Å². The summed E-state index contributed by atoms with van der Waals surface area (Å²) >= 11 is 0. The molecule has 0 aliphatic carbocycles. The van der Waals surface area contributed by atoms with Crippen molar-refractivity contribution in [2.24, 2.45) is 5.73 Å². The molecule has 0 spiro atoms. The number of hydrogen-bond donors (Lipinski definition) is 1. The van der Waals surface area contributed by atoms with E-state index >= 15 is 0 Å². The van der Waals surface area contributed by atoms with Crippen LogP contribution in [0.2, 0.25) is 0 Å². The number of unbranched alkanes of at least 4 members (excludes halogenated alkanes) is 2. The van der Waals surface area contributed by atoms with Crippen molar-refractivity contribution in [1.29, 1.82) is 0 Å². The third kappa shape index (κ3) is 3.33. The summed E-state index contributed by atoms with van der Waals surface area (Å²) in [6.45, 7) is 5.21. The molecule has 1 aromatic carbocycles. The maximum Gasteiger partial charge on any atom is 0.0467 e. The second-order valence-electron chi connectivity index (χ2n) is 6.00. The molecule has 0 fully saturated rings. The molecular weight excluding hydrogens is 246 g/mol. The summed E-state index contributed by atoms with van der Waals surface area (Å²) in [7, 11) is 4.37. The molecule has 0 saturated heterocycles. The third-order valence-corrected chi connectivity index (χ3v) is 4.49. The van der Waals surface area contributed by atoms with E-state index < -0.39 is 0 Å². The zero-order chi connectivity index (χ0) is 14.5. The molecule has 20 heavy (non-hydrogen) atoms. The summed E-state index contributed by atoms with van der Waals surface area (Å²) in [5.41, 5.74) is 10.3. The summed E-state index contributed by atoms with van der Waals surface area (Å²) < 4.78 is 0. The van der Waals surface area contributed by atoms with Crippen molar-refractivity contribution in [3.05, 3.63) is 29.3 Å². The molecule has 112 valence electrons. The average molecular weight is 275 g/mol. The van der Waals surface area contributed by atoms with Gasteiger partial charge < -0.3 is 10.6 Å². The summed E-state index contributed by atoms with van der Waals surface area (Å²) in [5, 5.41) is 0. The lowest BCUT2D eigenvalue weighted by Crippen LogP contribution is -2.31. The number of fused-ring (bicyclic) bond motifs is 1. The molecule has 0 aromatic heterocycles. The number of benzene rings is 1. The summed E-state index contributed by atoms with van der Waals surface area (Å²) in [5.74, 6) is 0. The first-order chi connectivity index (χ1) is 9.67. The fourth-order valence-electron chi connectivity index (χ4n) is 3.13. The SMILES string of the molecule is CCCCCN(C)C(CN)c1ccc2c(c1)CCN2C. The van der Waals surface area contributed by atoms with Gasteiger partial charge in [0, 0.05) is 31.9 Å². The zero-order valence-corrected chi connectivity index (χ0v) is 13.2. The Morgan fingerprint density at radius 3 is 2.85 bits per heavy atom. The van der Waals surface area contributed by atoms with Crippen molar-refractivity contribution >= 4 is 5.69 Å². The van der Waals surface area contributed by atoms with Gasteiger partial charge in [-0.15, -0.1) is 0 Å². The standard InChI is InChI=1S/C17H29N3/c1-4-5-6-10-19(2)17(13-18)14-7-8-16-15(12-14)9-11-20(16)3/h7-8,12,17H,4-6,9-11,13,18H2,1-3H3. The second kappa shape index (κ2) is 7.09. The molecule has 3 nitrogen and oxygen atoms in total. The molecule has 1 aromatic rings. The highest BCUT2D eigenvalue weighted by molar-refractivity contribution is 5.58. The predicted molar refractivity (Wildman–Crippen MR) is 87.4 cm³/mol. The van der Waals surface area contributed by atoms with Crippen LogP contribution in [-0.4, -0.2) is 38.6 Å². The molecule has 2 rings (SSSR count). The van der Waals surface area contributed by atoms with Crippen LogP contribution in [0, 0.1) is 0 Å². The van der Waals surface area contributed by atoms with Gasteiger partial charge in [-0.05, 0) is 43.6 Å². The fraction of sp³-hybridized carbons (Fsp3) is 0.647. The Morgan fingerprint density at radius 1 is 1.35 bits per heavy atom. The van der Waals surface area contributed by atoms with E-state index in [9.17, 15) is 0 Å². The number of likely N-dealkylation sites (N-methyl/N-ethyl adjacent to an activating group) is 2. The molecule has 1 atom stereocenters. The first kappa shape index (κ1) is 15.3. The Morgan fingerprint density at radius 2 is 2.15 bits per heavy atom. The van der Waals surface area contributed by atoms with Crippen molar-refractivity contribution in [2.75, 3.05) is 38.6 Å². The van der Waals surface area contributed by atoms with Crippen LogP contribution in [0.25, 0.3) is 0 Å². The summed E-state index contributed by atoms with van der Waals surface area (Å²) in [6, 6.07) is 7.24. The minimum absolute atomic E-state index is 0.350. The Labute approximate surface area is 123 Å². The van der Waals surface area contributed by atoms with Crippen LogP contribution in [0.4, 0.5) is 5.69 Å². The average Bonchev–Trinajstić information content (AvgIpc) is 2.81. The Kier molecular flexibility index (Phi) is 5.44.